The molecular formula is C15H14N6. The summed E-state index contributed by atoms with van der Waals surface area (Å²) in [4.78, 5) is 8.54. The molecule has 0 aliphatic heterocycles. The second-order valence-corrected chi connectivity index (χ2v) is 4.80. The monoisotopic (exact) mass is 278 g/mol. The fourth-order valence-corrected chi connectivity index (χ4v) is 1.77. The fourth-order valence-electron chi connectivity index (χ4n) is 1.77. The van der Waals surface area contributed by atoms with E-state index >= 15 is 0 Å². The third-order valence-electron chi connectivity index (χ3n) is 2.81. The Bertz CT molecular complexity index is 752. The van der Waals surface area contributed by atoms with Crippen LogP contribution in [0, 0.1) is 22.7 Å². The minimum Gasteiger partial charge on any atom is -0.384 e. The van der Waals surface area contributed by atoms with Crippen LogP contribution in [0.1, 0.15) is 36.7 Å². The van der Waals surface area contributed by atoms with Crippen LogP contribution in [0.2, 0.25) is 0 Å². The van der Waals surface area contributed by atoms with Crippen LogP contribution in [-0.2, 0) is 0 Å². The highest BCUT2D eigenvalue weighted by Gasteiger charge is 2.08. The summed E-state index contributed by atoms with van der Waals surface area (Å²) in [5.74, 6) is 1.74. The lowest BCUT2D eigenvalue weighted by Crippen LogP contribution is -2.05. The summed E-state index contributed by atoms with van der Waals surface area (Å²) in [5, 5.41) is 21.0. The number of nitrogens with two attached hydrogens (primary N) is 1. The van der Waals surface area contributed by atoms with Crippen molar-refractivity contribution in [3.63, 3.8) is 0 Å². The van der Waals surface area contributed by atoms with Crippen molar-refractivity contribution in [3.05, 3.63) is 41.2 Å². The number of hydrogen-bond acceptors (Lipinski definition) is 6. The minimum absolute atomic E-state index is 0.157. The number of rotatable bonds is 3. The second-order valence-electron chi connectivity index (χ2n) is 4.80. The molecule has 6 nitrogen and oxygen atoms in total. The number of anilines is 3. The molecule has 0 amide bonds. The van der Waals surface area contributed by atoms with Crippen molar-refractivity contribution in [2.24, 2.45) is 0 Å². The van der Waals surface area contributed by atoms with Gasteiger partial charge in [-0.05, 0) is 18.2 Å². The Morgan fingerprint density at radius 2 is 1.81 bits per heavy atom. The van der Waals surface area contributed by atoms with Crippen LogP contribution in [0.4, 0.5) is 17.3 Å². The van der Waals surface area contributed by atoms with Crippen molar-refractivity contribution >= 4 is 17.3 Å². The van der Waals surface area contributed by atoms with Crippen LogP contribution in [0.15, 0.2) is 24.3 Å². The Labute approximate surface area is 122 Å². The smallest absolute Gasteiger partial charge is 0.136 e. The van der Waals surface area contributed by atoms with Gasteiger partial charge in [0.05, 0.1) is 11.1 Å². The maximum absolute atomic E-state index is 9.03. The largest absolute Gasteiger partial charge is 0.384 e. The standard InChI is InChI=1S/C15H14N6/c1-9(2)15-20-13(18)6-14(21-15)19-12-4-3-10(7-16)11(5-12)8-17/h3-6,9H,1-2H3,(H3,18,19,20,21). The normalized spacial score (nSPS) is 9.95. The van der Waals surface area contributed by atoms with Crippen molar-refractivity contribution in [2.45, 2.75) is 19.8 Å². The number of nitrogens with one attached hydrogen (secondary N) is 1. The first-order valence-corrected chi connectivity index (χ1v) is 6.39. The van der Waals surface area contributed by atoms with Gasteiger partial charge in [-0.15, -0.1) is 0 Å². The molecule has 1 aromatic carbocycles. The van der Waals surface area contributed by atoms with Gasteiger partial charge in [0.1, 0.15) is 29.6 Å². The van der Waals surface area contributed by atoms with Gasteiger partial charge in [0.2, 0.25) is 0 Å². The van der Waals surface area contributed by atoms with E-state index in [9.17, 15) is 0 Å². The van der Waals surface area contributed by atoms with Crippen molar-refractivity contribution in [3.8, 4) is 12.1 Å². The van der Waals surface area contributed by atoms with Gasteiger partial charge < -0.3 is 11.1 Å². The summed E-state index contributed by atoms with van der Waals surface area (Å²) in [6.45, 7) is 3.96. The summed E-state index contributed by atoms with van der Waals surface area (Å²) >= 11 is 0. The SMILES string of the molecule is CC(C)c1nc(N)cc(Nc2ccc(C#N)c(C#N)c2)n1. The summed E-state index contributed by atoms with van der Waals surface area (Å²) < 4.78 is 0. The molecule has 1 aromatic heterocycles. The Balaban J connectivity index is 2.35. The molecule has 0 spiro atoms. The Morgan fingerprint density at radius 3 is 2.43 bits per heavy atom. The second kappa shape index (κ2) is 5.89. The number of nitriles is 2. The maximum atomic E-state index is 9.03. The number of nitrogen functional groups attached to an aromatic ring is 1. The summed E-state index contributed by atoms with van der Waals surface area (Å²) in [7, 11) is 0. The van der Waals surface area contributed by atoms with Gasteiger partial charge in [0.25, 0.3) is 0 Å². The molecule has 0 radical (unpaired) electrons. The topological polar surface area (TPSA) is 111 Å². The van der Waals surface area contributed by atoms with E-state index in [4.69, 9.17) is 16.3 Å². The zero-order valence-electron chi connectivity index (χ0n) is 11.8. The zero-order chi connectivity index (χ0) is 15.4. The lowest BCUT2D eigenvalue weighted by Gasteiger charge is -2.10. The van der Waals surface area contributed by atoms with E-state index in [1.807, 2.05) is 26.0 Å². The quantitative estimate of drug-likeness (QED) is 0.892. The van der Waals surface area contributed by atoms with Gasteiger partial charge in [-0.2, -0.15) is 10.5 Å². The van der Waals surface area contributed by atoms with Crippen LogP contribution < -0.4 is 11.1 Å². The average Bonchev–Trinajstić information content (AvgIpc) is 2.46. The molecule has 0 unspecified atom stereocenters. The average molecular weight is 278 g/mol. The van der Waals surface area contributed by atoms with E-state index in [0.717, 1.165) is 0 Å². The molecule has 0 aliphatic carbocycles. The molecular weight excluding hydrogens is 264 g/mol. The molecule has 3 N–H and O–H groups in total. The lowest BCUT2D eigenvalue weighted by atomic mass is 10.1. The van der Waals surface area contributed by atoms with E-state index in [1.165, 1.54) is 0 Å². The number of nitrogens with zero attached hydrogens (tertiary/aromatic N) is 4. The van der Waals surface area contributed by atoms with E-state index in [0.29, 0.717) is 34.3 Å². The highest BCUT2D eigenvalue weighted by Crippen LogP contribution is 2.21. The molecule has 0 bridgehead atoms. The van der Waals surface area contributed by atoms with Crippen LogP contribution >= 0.6 is 0 Å². The van der Waals surface area contributed by atoms with Crippen LogP contribution in [-0.4, -0.2) is 9.97 Å². The third kappa shape index (κ3) is 3.26. The number of hydrogen-bond donors (Lipinski definition) is 2. The summed E-state index contributed by atoms with van der Waals surface area (Å²) in [6.07, 6.45) is 0. The summed E-state index contributed by atoms with van der Waals surface area (Å²) in [5.41, 5.74) is 7.09. The first-order chi connectivity index (χ1) is 10.0. The third-order valence-corrected chi connectivity index (χ3v) is 2.81. The first kappa shape index (κ1) is 14.3. The van der Waals surface area contributed by atoms with Crippen LogP contribution in [0.25, 0.3) is 0 Å². The molecule has 6 heteroatoms. The molecule has 21 heavy (non-hydrogen) atoms. The predicted octanol–water partition coefficient (Wildman–Crippen LogP) is 2.67. The Kier molecular flexibility index (Phi) is 4.01. The van der Waals surface area contributed by atoms with E-state index in [2.05, 4.69) is 15.3 Å². The van der Waals surface area contributed by atoms with Crippen molar-refractivity contribution in [1.82, 2.24) is 9.97 Å². The molecule has 0 saturated heterocycles. The highest BCUT2D eigenvalue weighted by atomic mass is 15.1. The maximum Gasteiger partial charge on any atom is 0.136 e. The van der Waals surface area contributed by atoms with Gasteiger partial charge in [-0.3, -0.25) is 0 Å². The lowest BCUT2D eigenvalue weighted by molar-refractivity contribution is 0.779. The van der Waals surface area contributed by atoms with E-state index in [-0.39, 0.29) is 5.92 Å². The fraction of sp³-hybridized carbons (Fsp3) is 0.200. The summed E-state index contributed by atoms with van der Waals surface area (Å²) in [6, 6.07) is 10.5. The van der Waals surface area contributed by atoms with Crippen molar-refractivity contribution in [1.29, 1.82) is 10.5 Å². The molecule has 0 aliphatic rings. The van der Waals surface area contributed by atoms with E-state index in [1.54, 1.807) is 24.3 Å². The van der Waals surface area contributed by atoms with Gasteiger partial charge in [0, 0.05) is 17.7 Å². The molecule has 0 saturated carbocycles. The van der Waals surface area contributed by atoms with Crippen molar-refractivity contribution < 1.29 is 0 Å². The highest BCUT2D eigenvalue weighted by molar-refractivity contribution is 5.63. The first-order valence-electron chi connectivity index (χ1n) is 6.39. The number of benzene rings is 1. The predicted molar refractivity (Wildman–Crippen MR) is 79.7 cm³/mol. The van der Waals surface area contributed by atoms with Crippen LogP contribution in [0.3, 0.4) is 0 Å². The van der Waals surface area contributed by atoms with Crippen molar-refractivity contribution in [2.75, 3.05) is 11.1 Å². The van der Waals surface area contributed by atoms with Gasteiger partial charge in [0.15, 0.2) is 0 Å². The Morgan fingerprint density at radius 1 is 1.10 bits per heavy atom. The van der Waals surface area contributed by atoms with Gasteiger partial charge in [-0.1, -0.05) is 13.8 Å². The number of aromatic nitrogens is 2. The Hall–Kier alpha value is -3.12. The zero-order valence-corrected chi connectivity index (χ0v) is 11.8. The molecule has 104 valence electrons. The molecule has 2 rings (SSSR count). The van der Waals surface area contributed by atoms with Gasteiger partial charge >= 0.3 is 0 Å². The molecule has 0 fully saturated rings. The minimum atomic E-state index is 0.157. The van der Waals surface area contributed by atoms with Crippen LogP contribution in [0.5, 0.6) is 0 Å². The van der Waals surface area contributed by atoms with E-state index < -0.39 is 0 Å². The van der Waals surface area contributed by atoms with Gasteiger partial charge in [-0.25, -0.2) is 9.97 Å². The molecule has 1 heterocycles. The molecule has 2 aromatic rings. The molecule has 0 atom stereocenters.